The molecule has 1 fully saturated rings. The first-order valence-corrected chi connectivity index (χ1v) is 3.60. The van der Waals surface area contributed by atoms with E-state index in [4.69, 9.17) is 5.73 Å². The fraction of sp³-hybridized carbons (Fsp3) is 1.00. The van der Waals surface area contributed by atoms with Gasteiger partial charge in [0.25, 0.3) is 0 Å². The molecule has 9 heavy (non-hydrogen) atoms. The van der Waals surface area contributed by atoms with E-state index in [1.807, 2.05) is 0 Å². The van der Waals surface area contributed by atoms with E-state index in [0.29, 0.717) is 6.04 Å². The Kier molecular flexibility index (Phi) is 1.78. The molecule has 0 aromatic heterocycles. The van der Waals surface area contributed by atoms with Gasteiger partial charge in [-0.1, -0.05) is 0 Å². The highest BCUT2D eigenvalue weighted by Gasteiger charge is 2.22. The van der Waals surface area contributed by atoms with Gasteiger partial charge >= 0.3 is 0 Å². The third-order valence-corrected chi connectivity index (χ3v) is 1.70. The molecule has 0 aromatic rings. The smallest absolute Gasteiger partial charge is 0.0112 e. The summed E-state index contributed by atoms with van der Waals surface area (Å²) in [6, 6.07) is 0.699. The summed E-state index contributed by atoms with van der Waals surface area (Å²) in [7, 11) is 0. The second-order valence-electron chi connectivity index (χ2n) is 3.63. The molecule has 0 aromatic carbocycles. The van der Waals surface area contributed by atoms with E-state index in [1.54, 1.807) is 0 Å². The van der Waals surface area contributed by atoms with E-state index < -0.39 is 0 Å². The minimum Gasteiger partial charge on any atom is -0.326 e. The highest BCUT2D eigenvalue weighted by atomic mass is 15.0. The van der Waals surface area contributed by atoms with Gasteiger partial charge in [-0.05, 0) is 33.2 Å². The molecule has 1 unspecified atom stereocenters. The van der Waals surface area contributed by atoms with Crippen molar-refractivity contribution in [2.75, 3.05) is 6.54 Å². The molecule has 0 radical (unpaired) electrons. The monoisotopic (exact) mass is 128 g/mol. The lowest BCUT2D eigenvalue weighted by molar-refractivity contribution is 0.292. The Morgan fingerprint density at radius 1 is 1.67 bits per heavy atom. The van der Waals surface area contributed by atoms with Crippen molar-refractivity contribution in [1.29, 1.82) is 0 Å². The van der Waals surface area contributed by atoms with Gasteiger partial charge in [0, 0.05) is 11.6 Å². The number of hydrogen-bond donors (Lipinski definition) is 2. The van der Waals surface area contributed by atoms with Crippen molar-refractivity contribution in [2.45, 2.75) is 38.3 Å². The lowest BCUT2D eigenvalue weighted by Gasteiger charge is -2.33. The van der Waals surface area contributed by atoms with Crippen LogP contribution >= 0.6 is 0 Å². The molecule has 1 saturated heterocycles. The summed E-state index contributed by atoms with van der Waals surface area (Å²) >= 11 is 0. The minimum atomic E-state index is 0.0120. The van der Waals surface area contributed by atoms with Crippen LogP contribution in [0.25, 0.3) is 0 Å². The van der Waals surface area contributed by atoms with Gasteiger partial charge in [-0.3, -0.25) is 0 Å². The summed E-state index contributed by atoms with van der Waals surface area (Å²) in [5.41, 5.74) is 5.82. The third kappa shape index (κ3) is 2.33. The Morgan fingerprint density at radius 2 is 2.22 bits per heavy atom. The van der Waals surface area contributed by atoms with Crippen molar-refractivity contribution < 1.29 is 0 Å². The quantitative estimate of drug-likeness (QED) is 0.567. The maximum Gasteiger partial charge on any atom is 0.0112 e. The van der Waals surface area contributed by atoms with Gasteiger partial charge in [0.1, 0.15) is 0 Å². The van der Waals surface area contributed by atoms with Crippen LogP contribution in [0, 0.1) is 0 Å². The van der Waals surface area contributed by atoms with Crippen LogP contribution in [-0.4, -0.2) is 18.1 Å². The SMILES string of the molecule is CC(C)(N)CC1CCN1. The van der Waals surface area contributed by atoms with Gasteiger partial charge in [0.05, 0.1) is 0 Å². The van der Waals surface area contributed by atoms with E-state index >= 15 is 0 Å². The van der Waals surface area contributed by atoms with Crippen molar-refractivity contribution in [3.63, 3.8) is 0 Å². The minimum absolute atomic E-state index is 0.0120. The van der Waals surface area contributed by atoms with Crippen LogP contribution in [0.15, 0.2) is 0 Å². The molecule has 1 rings (SSSR count). The first-order valence-electron chi connectivity index (χ1n) is 3.60. The largest absolute Gasteiger partial charge is 0.326 e. The summed E-state index contributed by atoms with van der Waals surface area (Å²) < 4.78 is 0. The molecule has 0 amide bonds. The van der Waals surface area contributed by atoms with Crippen LogP contribution in [-0.2, 0) is 0 Å². The maximum absolute atomic E-state index is 5.81. The first-order chi connectivity index (χ1) is 4.08. The number of nitrogens with one attached hydrogen (secondary N) is 1. The van der Waals surface area contributed by atoms with Crippen LogP contribution in [0.1, 0.15) is 26.7 Å². The molecule has 1 aliphatic rings. The molecule has 0 bridgehead atoms. The number of rotatable bonds is 2. The van der Waals surface area contributed by atoms with Gasteiger partial charge < -0.3 is 11.1 Å². The molecule has 0 saturated carbocycles. The van der Waals surface area contributed by atoms with Crippen LogP contribution in [0.5, 0.6) is 0 Å². The Morgan fingerprint density at radius 3 is 2.33 bits per heavy atom. The van der Waals surface area contributed by atoms with Crippen molar-refractivity contribution in [3.05, 3.63) is 0 Å². The van der Waals surface area contributed by atoms with Crippen molar-refractivity contribution in [2.24, 2.45) is 5.73 Å². The normalized spacial score (nSPS) is 27.7. The first kappa shape index (κ1) is 7.03. The number of nitrogens with two attached hydrogens (primary N) is 1. The fourth-order valence-corrected chi connectivity index (χ4v) is 1.16. The molecular weight excluding hydrogens is 112 g/mol. The van der Waals surface area contributed by atoms with E-state index in [1.165, 1.54) is 13.0 Å². The molecule has 1 aliphatic heterocycles. The molecule has 3 N–H and O–H groups in total. The molecule has 2 heteroatoms. The molecule has 0 spiro atoms. The zero-order valence-electron chi connectivity index (χ0n) is 6.28. The predicted molar refractivity (Wildman–Crippen MR) is 39.3 cm³/mol. The van der Waals surface area contributed by atoms with Crippen LogP contribution < -0.4 is 11.1 Å². The fourth-order valence-electron chi connectivity index (χ4n) is 1.16. The second kappa shape index (κ2) is 2.27. The summed E-state index contributed by atoms with van der Waals surface area (Å²) in [6.07, 6.45) is 2.41. The van der Waals surface area contributed by atoms with Crippen molar-refractivity contribution in [1.82, 2.24) is 5.32 Å². The lowest BCUT2D eigenvalue weighted by Crippen LogP contribution is -2.49. The summed E-state index contributed by atoms with van der Waals surface area (Å²) in [4.78, 5) is 0. The Balaban J connectivity index is 2.16. The van der Waals surface area contributed by atoms with Crippen LogP contribution in [0.4, 0.5) is 0 Å². The highest BCUT2D eigenvalue weighted by molar-refractivity contribution is 4.85. The van der Waals surface area contributed by atoms with Crippen molar-refractivity contribution >= 4 is 0 Å². The Hall–Kier alpha value is -0.0800. The summed E-state index contributed by atoms with van der Waals surface area (Å²) in [6.45, 7) is 5.33. The van der Waals surface area contributed by atoms with Gasteiger partial charge in [-0.2, -0.15) is 0 Å². The maximum atomic E-state index is 5.81. The molecule has 1 atom stereocenters. The highest BCUT2D eigenvalue weighted by Crippen LogP contribution is 2.14. The van der Waals surface area contributed by atoms with Gasteiger partial charge in [0.2, 0.25) is 0 Å². The van der Waals surface area contributed by atoms with E-state index in [9.17, 15) is 0 Å². The topological polar surface area (TPSA) is 38.0 Å². The summed E-state index contributed by atoms with van der Waals surface area (Å²) in [5.74, 6) is 0. The van der Waals surface area contributed by atoms with E-state index in [2.05, 4.69) is 19.2 Å². The molecule has 1 heterocycles. The lowest BCUT2D eigenvalue weighted by atomic mass is 9.91. The molecule has 2 nitrogen and oxygen atoms in total. The van der Waals surface area contributed by atoms with Crippen LogP contribution in [0.3, 0.4) is 0 Å². The summed E-state index contributed by atoms with van der Waals surface area (Å²) in [5, 5.41) is 3.32. The van der Waals surface area contributed by atoms with E-state index in [-0.39, 0.29) is 5.54 Å². The van der Waals surface area contributed by atoms with Gasteiger partial charge in [-0.15, -0.1) is 0 Å². The zero-order valence-corrected chi connectivity index (χ0v) is 6.28. The Bertz CT molecular complexity index is 89.6. The Labute approximate surface area is 56.8 Å². The average molecular weight is 128 g/mol. The molecule has 0 aliphatic carbocycles. The average Bonchev–Trinajstić information content (AvgIpc) is 1.53. The molecule has 54 valence electrons. The standard InChI is InChI=1S/C7H16N2/c1-7(2,8)5-6-3-4-9-6/h6,9H,3-5,8H2,1-2H3. The zero-order chi connectivity index (χ0) is 6.91. The van der Waals surface area contributed by atoms with Crippen LogP contribution in [0.2, 0.25) is 0 Å². The van der Waals surface area contributed by atoms with Crippen molar-refractivity contribution in [3.8, 4) is 0 Å². The third-order valence-electron chi connectivity index (χ3n) is 1.70. The van der Waals surface area contributed by atoms with Gasteiger partial charge in [0.15, 0.2) is 0 Å². The molecular formula is C7H16N2. The number of hydrogen-bond acceptors (Lipinski definition) is 2. The predicted octanol–water partition coefficient (Wildman–Crippen LogP) is 0.476. The van der Waals surface area contributed by atoms with Gasteiger partial charge in [-0.25, -0.2) is 0 Å². The van der Waals surface area contributed by atoms with E-state index in [0.717, 1.165) is 6.42 Å². The second-order valence-corrected chi connectivity index (χ2v) is 3.63.